The summed E-state index contributed by atoms with van der Waals surface area (Å²) >= 11 is 0. The van der Waals surface area contributed by atoms with E-state index in [-0.39, 0.29) is 0 Å². The smallest absolute Gasteiger partial charge is 0.191 e. The molecule has 0 aromatic carbocycles. The highest BCUT2D eigenvalue weighted by atomic mass is 28.4. The number of hydrogen-bond donors (Lipinski definition) is 0. The molecule has 1 heterocycles. The van der Waals surface area contributed by atoms with Crippen LogP contribution in [0.5, 0.6) is 0 Å². The average molecular weight is 202 g/mol. The topological polar surface area (TPSA) is 21.8 Å². The van der Waals surface area contributed by atoms with Crippen LogP contribution in [0, 0.1) is 0 Å². The SMILES string of the molecule is CC(C)(C)[Si](C)(C)OCC[C@H]1CO1. The molecule has 0 amide bonds. The fourth-order valence-corrected chi connectivity index (χ4v) is 1.96. The Morgan fingerprint density at radius 1 is 1.38 bits per heavy atom. The fraction of sp³-hybridized carbons (Fsp3) is 1.00. The molecule has 0 saturated carbocycles. The highest BCUT2D eigenvalue weighted by Gasteiger charge is 2.37. The minimum absolute atomic E-state index is 0.331. The van der Waals surface area contributed by atoms with Gasteiger partial charge in [-0.3, -0.25) is 0 Å². The zero-order valence-corrected chi connectivity index (χ0v) is 10.5. The van der Waals surface area contributed by atoms with Crippen LogP contribution in [-0.4, -0.2) is 27.6 Å². The van der Waals surface area contributed by atoms with Gasteiger partial charge in [-0.25, -0.2) is 0 Å². The van der Waals surface area contributed by atoms with E-state index >= 15 is 0 Å². The lowest BCUT2D eigenvalue weighted by Gasteiger charge is -2.36. The van der Waals surface area contributed by atoms with Crippen molar-refractivity contribution in [2.45, 2.75) is 51.4 Å². The molecule has 0 unspecified atom stereocenters. The predicted octanol–water partition coefficient (Wildman–Crippen LogP) is 2.80. The number of rotatable bonds is 4. The van der Waals surface area contributed by atoms with E-state index in [1.165, 1.54) is 0 Å². The van der Waals surface area contributed by atoms with Gasteiger partial charge in [-0.2, -0.15) is 0 Å². The van der Waals surface area contributed by atoms with Gasteiger partial charge in [0.1, 0.15) is 0 Å². The van der Waals surface area contributed by atoms with E-state index in [9.17, 15) is 0 Å². The number of ether oxygens (including phenoxy) is 1. The minimum Gasteiger partial charge on any atom is -0.417 e. The van der Waals surface area contributed by atoms with Crippen LogP contribution in [-0.2, 0) is 9.16 Å². The Balaban J connectivity index is 2.23. The molecule has 1 saturated heterocycles. The molecule has 0 N–H and O–H groups in total. The maximum Gasteiger partial charge on any atom is 0.191 e. The van der Waals surface area contributed by atoms with E-state index in [1.807, 2.05) is 0 Å². The molecule has 0 aromatic rings. The van der Waals surface area contributed by atoms with Gasteiger partial charge in [0.05, 0.1) is 12.7 Å². The normalized spacial score (nSPS) is 23.3. The maximum atomic E-state index is 6.00. The molecule has 0 aromatic heterocycles. The van der Waals surface area contributed by atoms with Crippen LogP contribution in [0.25, 0.3) is 0 Å². The minimum atomic E-state index is -1.50. The van der Waals surface area contributed by atoms with Gasteiger partial charge in [0.25, 0.3) is 0 Å². The largest absolute Gasteiger partial charge is 0.417 e. The van der Waals surface area contributed by atoms with Crippen molar-refractivity contribution in [2.24, 2.45) is 0 Å². The Labute approximate surface area is 82.7 Å². The van der Waals surface area contributed by atoms with Gasteiger partial charge >= 0.3 is 0 Å². The van der Waals surface area contributed by atoms with Gasteiger partial charge in [-0.1, -0.05) is 20.8 Å². The van der Waals surface area contributed by atoms with E-state index < -0.39 is 8.32 Å². The monoisotopic (exact) mass is 202 g/mol. The Kier molecular flexibility index (Phi) is 3.20. The second-order valence-electron chi connectivity index (χ2n) is 5.35. The maximum absolute atomic E-state index is 6.00. The van der Waals surface area contributed by atoms with Gasteiger partial charge in [-0.15, -0.1) is 0 Å². The third-order valence-electron chi connectivity index (χ3n) is 3.11. The van der Waals surface area contributed by atoms with Gasteiger partial charge in [0, 0.05) is 6.61 Å². The Morgan fingerprint density at radius 2 is 1.92 bits per heavy atom. The second kappa shape index (κ2) is 3.71. The molecule has 3 heteroatoms. The van der Waals surface area contributed by atoms with Gasteiger partial charge in [0.15, 0.2) is 8.32 Å². The summed E-state index contributed by atoms with van der Waals surface area (Å²) in [6, 6.07) is 0. The average Bonchev–Trinajstić information content (AvgIpc) is 2.68. The first kappa shape index (κ1) is 11.2. The fourth-order valence-electron chi connectivity index (χ4n) is 0.897. The molecule has 1 atom stereocenters. The van der Waals surface area contributed by atoms with Gasteiger partial charge in [-0.05, 0) is 24.6 Å². The van der Waals surface area contributed by atoms with Crippen LogP contribution in [0.3, 0.4) is 0 Å². The van der Waals surface area contributed by atoms with Crippen molar-refractivity contribution in [1.29, 1.82) is 0 Å². The van der Waals surface area contributed by atoms with E-state index in [0.29, 0.717) is 11.1 Å². The van der Waals surface area contributed by atoms with Crippen molar-refractivity contribution < 1.29 is 9.16 Å². The first-order valence-electron chi connectivity index (χ1n) is 5.08. The van der Waals surface area contributed by atoms with E-state index in [0.717, 1.165) is 19.6 Å². The van der Waals surface area contributed by atoms with Gasteiger partial charge < -0.3 is 9.16 Å². The quantitative estimate of drug-likeness (QED) is 0.516. The lowest BCUT2D eigenvalue weighted by molar-refractivity contribution is 0.261. The Bertz CT molecular complexity index is 168. The molecule has 13 heavy (non-hydrogen) atoms. The third-order valence-corrected chi connectivity index (χ3v) is 7.65. The molecule has 1 fully saturated rings. The lowest BCUT2D eigenvalue weighted by Crippen LogP contribution is -2.41. The van der Waals surface area contributed by atoms with Crippen LogP contribution in [0.15, 0.2) is 0 Å². The highest BCUT2D eigenvalue weighted by Crippen LogP contribution is 2.36. The molecule has 1 rings (SSSR count). The van der Waals surface area contributed by atoms with Crippen LogP contribution in [0.2, 0.25) is 18.1 Å². The van der Waals surface area contributed by atoms with Gasteiger partial charge in [0.2, 0.25) is 0 Å². The summed E-state index contributed by atoms with van der Waals surface area (Å²) < 4.78 is 11.1. The van der Waals surface area contributed by atoms with Crippen LogP contribution < -0.4 is 0 Å². The van der Waals surface area contributed by atoms with E-state index in [1.54, 1.807) is 0 Å². The van der Waals surface area contributed by atoms with Crippen LogP contribution in [0.4, 0.5) is 0 Å². The van der Waals surface area contributed by atoms with Crippen molar-refractivity contribution in [2.75, 3.05) is 13.2 Å². The summed E-state index contributed by atoms with van der Waals surface area (Å²) in [6.07, 6.45) is 1.58. The van der Waals surface area contributed by atoms with E-state index in [2.05, 4.69) is 33.9 Å². The third kappa shape index (κ3) is 3.41. The highest BCUT2D eigenvalue weighted by molar-refractivity contribution is 6.74. The molecule has 0 spiro atoms. The lowest BCUT2D eigenvalue weighted by atomic mass is 10.2. The van der Waals surface area contributed by atoms with Crippen molar-refractivity contribution in [3.63, 3.8) is 0 Å². The molecular formula is C10H22O2Si. The number of epoxide rings is 1. The summed E-state index contributed by atoms with van der Waals surface area (Å²) in [5, 5.41) is 0.331. The summed E-state index contributed by atoms with van der Waals surface area (Å²) in [5.41, 5.74) is 0. The van der Waals surface area contributed by atoms with Crippen molar-refractivity contribution >= 4 is 8.32 Å². The Morgan fingerprint density at radius 3 is 2.31 bits per heavy atom. The molecule has 0 radical (unpaired) electrons. The molecule has 0 bridgehead atoms. The van der Waals surface area contributed by atoms with Crippen molar-refractivity contribution in [3.8, 4) is 0 Å². The number of hydrogen-bond acceptors (Lipinski definition) is 2. The molecule has 78 valence electrons. The first-order valence-corrected chi connectivity index (χ1v) is 7.99. The first-order chi connectivity index (χ1) is 5.83. The van der Waals surface area contributed by atoms with Crippen molar-refractivity contribution in [1.82, 2.24) is 0 Å². The second-order valence-corrected chi connectivity index (χ2v) is 10.2. The predicted molar refractivity (Wildman–Crippen MR) is 57.5 cm³/mol. The Hall–Kier alpha value is 0.137. The zero-order valence-electron chi connectivity index (χ0n) is 9.52. The summed E-state index contributed by atoms with van der Waals surface area (Å²) in [7, 11) is -1.50. The van der Waals surface area contributed by atoms with Crippen molar-refractivity contribution in [3.05, 3.63) is 0 Å². The summed E-state index contributed by atoms with van der Waals surface area (Å²) in [4.78, 5) is 0. The molecular weight excluding hydrogens is 180 g/mol. The zero-order chi connectivity index (χ0) is 10.1. The summed E-state index contributed by atoms with van der Waals surface area (Å²) in [6.45, 7) is 13.2. The van der Waals surface area contributed by atoms with E-state index in [4.69, 9.17) is 9.16 Å². The molecule has 0 aliphatic carbocycles. The molecule has 1 aliphatic rings. The van der Waals surface area contributed by atoms with Crippen LogP contribution in [0.1, 0.15) is 27.2 Å². The standard InChI is InChI=1S/C10H22O2Si/c1-10(2,3)13(4,5)12-7-6-9-8-11-9/h9H,6-8H2,1-5H3/t9-/m0/s1. The van der Waals surface area contributed by atoms with Crippen LogP contribution >= 0.6 is 0 Å². The summed E-state index contributed by atoms with van der Waals surface area (Å²) in [5.74, 6) is 0. The molecule has 2 nitrogen and oxygen atoms in total. The molecule has 1 aliphatic heterocycles.